The summed E-state index contributed by atoms with van der Waals surface area (Å²) in [5.74, 6) is -0.533. The van der Waals surface area contributed by atoms with E-state index >= 15 is 0 Å². The molecule has 0 fully saturated rings. The summed E-state index contributed by atoms with van der Waals surface area (Å²) in [4.78, 5) is 28.8. The van der Waals surface area contributed by atoms with Crippen LogP contribution in [0.15, 0.2) is 42.1 Å². The van der Waals surface area contributed by atoms with E-state index in [1.54, 1.807) is 0 Å². The summed E-state index contributed by atoms with van der Waals surface area (Å²) in [6.45, 7) is 3.60. The van der Waals surface area contributed by atoms with Gasteiger partial charge in [0.15, 0.2) is 0 Å². The summed E-state index contributed by atoms with van der Waals surface area (Å²) in [7, 11) is 0. The van der Waals surface area contributed by atoms with Crippen LogP contribution in [0.4, 0.5) is 5.69 Å². The lowest BCUT2D eigenvalue weighted by molar-refractivity contribution is -0.138. The van der Waals surface area contributed by atoms with Gasteiger partial charge in [-0.15, -0.1) is 0 Å². The number of para-hydroxylation sites is 1. The number of anilines is 1. The topological polar surface area (TPSA) is 62.3 Å². The Hall–Kier alpha value is -2.69. The Morgan fingerprint density at radius 1 is 1.29 bits per heavy atom. The number of aromatic nitrogens is 1. The van der Waals surface area contributed by atoms with Gasteiger partial charge in [-0.1, -0.05) is 18.2 Å². The Balaban J connectivity index is 1.93. The lowest BCUT2D eigenvalue weighted by Gasteiger charge is -2.13. The average molecular weight is 281 g/mol. The molecule has 5 heteroatoms. The number of nitrogens with zero attached hydrogens (tertiary/aromatic N) is 2. The fraction of sp³-hybridized carbons (Fsp3) is 0.188. The van der Waals surface area contributed by atoms with Crippen molar-refractivity contribution >= 4 is 28.4 Å². The summed E-state index contributed by atoms with van der Waals surface area (Å²) >= 11 is 0. The van der Waals surface area contributed by atoms with E-state index in [9.17, 15) is 9.59 Å². The second kappa shape index (κ2) is 5.01. The second-order valence-corrected chi connectivity index (χ2v) is 5.07. The van der Waals surface area contributed by atoms with Gasteiger partial charge in [0.1, 0.15) is 0 Å². The minimum Gasteiger partial charge on any atom is -0.355 e. The number of aryl methyl sites for hydroxylation is 1. The van der Waals surface area contributed by atoms with Gasteiger partial charge in [0.05, 0.1) is 17.7 Å². The van der Waals surface area contributed by atoms with E-state index in [-0.39, 0.29) is 18.4 Å². The normalized spacial score (nSPS) is 14.5. The summed E-state index contributed by atoms with van der Waals surface area (Å²) in [6.07, 6.45) is 1.45. The highest BCUT2D eigenvalue weighted by Crippen LogP contribution is 2.24. The predicted octanol–water partition coefficient (Wildman–Crippen LogP) is 2.23. The first-order chi connectivity index (χ1) is 10.0. The smallest absolute Gasteiger partial charge is 0.255 e. The molecule has 2 heterocycles. The molecule has 0 spiro atoms. The van der Waals surface area contributed by atoms with Crippen molar-refractivity contribution in [3.63, 3.8) is 0 Å². The van der Waals surface area contributed by atoms with Crippen molar-refractivity contribution in [2.24, 2.45) is 0 Å². The third kappa shape index (κ3) is 2.50. The third-order valence-electron chi connectivity index (χ3n) is 3.43. The molecule has 0 atom stereocenters. The summed E-state index contributed by atoms with van der Waals surface area (Å²) in [5, 5.41) is 4.24. The van der Waals surface area contributed by atoms with Crippen LogP contribution in [0.5, 0.6) is 0 Å². The molecule has 0 unspecified atom stereocenters. The van der Waals surface area contributed by atoms with Crippen molar-refractivity contribution in [3.05, 3.63) is 47.8 Å². The van der Waals surface area contributed by atoms with Crippen molar-refractivity contribution in [1.29, 1.82) is 0 Å². The number of rotatable bonds is 2. The van der Waals surface area contributed by atoms with E-state index in [0.717, 1.165) is 22.3 Å². The van der Waals surface area contributed by atoms with Crippen LogP contribution in [-0.2, 0) is 9.59 Å². The zero-order valence-electron chi connectivity index (χ0n) is 11.9. The van der Waals surface area contributed by atoms with Crippen molar-refractivity contribution in [2.45, 2.75) is 13.8 Å². The van der Waals surface area contributed by atoms with E-state index < -0.39 is 0 Å². The van der Waals surface area contributed by atoms with Gasteiger partial charge >= 0.3 is 0 Å². The van der Waals surface area contributed by atoms with Crippen LogP contribution in [0, 0.1) is 6.92 Å². The van der Waals surface area contributed by atoms with Crippen LogP contribution in [-0.4, -0.2) is 28.2 Å². The Kier molecular flexibility index (Phi) is 3.17. The van der Waals surface area contributed by atoms with E-state index in [1.165, 1.54) is 17.9 Å². The highest BCUT2D eigenvalue weighted by atomic mass is 16.2. The zero-order valence-corrected chi connectivity index (χ0v) is 11.9. The molecule has 21 heavy (non-hydrogen) atoms. The number of benzene rings is 1. The molecule has 1 aliphatic rings. The first kappa shape index (κ1) is 13.3. The number of imide groups is 1. The number of carbonyl (C=O) groups excluding carboxylic acids is 2. The molecular weight excluding hydrogens is 266 g/mol. The first-order valence-corrected chi connectivity index (χ1v) is 6.70. The predicted molar refractivity (Wildman–Crippen MR) is 80.6 cm³/mol. The number of fused-ring (bicyclic) bond motifs is 1. The van der Waals surface area contributed by atoms with Crippen LogP contribution in [0.2, 0.25) is 0 Å². The largest absolute Gasteiger partial charge is 0.355 e. The van der Waals surface area contributed by atoms with Crippen LogP contribution < -0.4 is 5.32 Å². The fourth-order valence-corrected chi connectivity index (χ4v) is 2.38. The quantitative estimate of drug-likeness (QED) is 0.917. The maximum Gasteiger partial charge on any atom is 0.255 e. The van der Waals surface area contributed by atoms with E-state index in [2.05, 4.69) is 10.3 Å². The number of hydrogen-bond acceptors (Lipinski definition) is 4. The van der Waals surface area contributed by atoms with Gasteiger partial charge in [0.25, 0.3) is 5.91 Å². The Labute approximate surface area is 122 Å². The maximum absolute atomic E-state index is 11.7. The van der Waals surface area contributed by atoms with Crippen molar-refractivity contribution < 1.29 is 9.59 Å². The van der Waals surface area contributed by atoms with E-state index in [1.807, 2.05) is 37.3 Å². The molecule has 2 amide bonds. The lowest BCUT2D eigenvalue weighted by Crippen LogP contribution is -2.31. The molecule has 2 aromatic rings. The first-order valence-electron chi connectivity index (χ1n) is 6.70. The molecule has 3 rings (SSSR count). The average Bonchev–Trinajstić information content (AvgIpc) is 2.80. The zero-order chi connectivity index (χ0) is 15.0. The maximum atomic E-state index is 11.7. The molecule has 0 bridgehead atoms. The minimum absolute atomic E-state index is 0.250. The van der Waals surface area contributed by atoms with Gasteiger partial charge in [0, 0.05) is 29.8 Å². The molecule has 0 saturated carbocycles. The molecule has 106 valence electrons. The Bertz CT molecular complexity index is 780. The molecular formula is C16H15N3O2. The molecule has 1 aromatic carbocycles. The lowest BCUT2D eigenvalue weighted by atomic mass is 10.1. The Morgan fingerprint density at radius 2 is 2.10 bits per heavy atom. The van der Waals surface area contributed by atoms with Crippen molar-refractivity contribution in [2.75, 3.05) is 11.9 Å². The van der Waals surface area contributed by atoms with Crippen molar-refractivity contribution in [3.8, 4) is 0 Å². The molecule has 1 aromatic heterocycles. The molecule has 0 saturated heterocycles. The SMILES string of the molecule is CC(=O)N1CC(Nc2cccc3ccc(C)nc23)=CC1=O. The highest BCUT2D eigenvalue weighted by Gasteiger charge is 2.24. The minimum atomic E-state index is -0.283. The second-order valence-electron chi connectivity index (χ2n) is 5.07. The standard InChI is InChI=1S/C16H15N3O2/c1-10-6-7-12-4-3-5-14(16(12)17-10)18-13-8-15(21)19(9-13)11(2)20/h3-8,18H,9H2,1-2H3. The van der Waals surface area contributed by atoms with E-state index in [0.29, 0.717) is 5.70 Å². The van der Waals surface area contributed by atoms with Gasteiger partial charge in [-0.25, -0.2) is 0 Å². The molecule has 5 nitrogen and oxygen atoms in total. The number of hydrogen-bond donors (Lipinski definition) is 1. The monoisotopic (exact) mass is 281 g/mol. The van der Waals surface area contributed by atoms with Gasteiger partial charge < -0.3 is 5.32 Å². The molecule has 1 aliphatic heterocycles. The fourth-order valence-electron chi connectivity index (χ4n) is 2.38. The van der Waals surface area contributed by atoms with E-state index in [4.69, 9.17) is 0 Å². The van der Waals surface area contributed by atoms with Gasteiger partial charge in [0.2, 0.25) is 5.91 Å². The van der Waals surface area contributed by atoms with Crippen molar-refractivity contribution in [1.82, 2.24) is 9.88 Å². The summed E-state index contributed by atoms with van der Waals surface area (Å²) in [6, 6.07) is 9.81. The summed E-state index contributed by atoms with van der Waals surface area (Å²) in [5.41, 5.74) is 3.32. The van der Waals surface area contributed by atoms with Crippen LogP contribution >= 0.6 is 0 Å². The van der Waals surface area contributed by atoms with Crippen LogP contribution in [0.1, 0.15) is 12.6 Å². The Morgan fingerprint density at radius 3 is 2.81 bits per heavy atom. The molecule has 0 aliphatic carbocycles. The number of pyridine rings is 1. The third-order valence-corrected chi connectivity index (χ3v) is 3.43. The van der Waals surface area contributed by atoms with Gasteiger partial charge in [-0.05, 0) is 19.1 Å². The van der Waals surface area contributed by atoms with Gasteiger partial charge in [-0.3, -0.25) is 19.5 Å². The number of amides is 2. The molecule has 0 radical (unpaired) electrons. The molecule has 1 N–H and O–H groups in total. The van der Waals surface area contributed by atoms with Gasteiger partial charge in [-0.2, -0.15) is 0 Å². The van der Waals surface area contributed by atoms with Crippen LogP contribution in [0.25, 0.3) is 10.9 Å². The van der Waals surface area contributed by atoms with Crippen LogP contribution in [0.3, 0.4) is 0 Å². The number of carbonyl (C=O) groups is 2. The highest BCUT2D eigenvalue weighted by molar-refractivity contribution is 6.03. The number of nitrogens with one attached hydrogen (secondary N) is 1. The summed E-state index contributed by atoms with van der Waals surface area (Å²) < 4.78 is 0.